The van der Waals surface area contributed by atoms with Crippen molar-refractivity contribution in [2.24, 2.45) is 0 Å². The second-order valence-corrected chi connectivity index (χ2v) is 4.98. The number of carboxylic acids is 1. The van der Waals surface area contributed by atoms with Crippen LogP contribution in [0.3, 0.4) is 0 Å². The molecule has 0 aliphatic carbocycles. The topological polar surface area (TPSA) is 72.6 Å². The highest BCUT2D eigenvalue weighted by Gasteiger charge is 2.17. The van der Waals surface area contributed by atoms with Crippen molar-refractivity contribution >= 4 is 21.9 Å². The molecule has 0 saturated heterocycles. The molecule has 0 radical (unpaired) electrons. The van der Waals surface area contributed by atoms with Gasteiger partial charge in [-0.2, -0.15) is 0 Å². The first-order chi connectivity index (χ1) is 8.97. The van der Waals surface area contributed by atoms with Crippen molar-refractivity contribution in [2.75, 3.05) is 0 Å². The Morgan fingerprint density at radius 2 is 2.21 bits per heavy atom. The molecule has 0 aliphatic rings. The average molecular weight is 326 g/mol. The number of rotatable bonds is 4. The summed E-state index contributed by atoms with van der Waals surface area (Å²) in [6.45, 7) is 3.26. The lowest BCUT2D eigenvalue weighted by atomic mass is 10.1. The van der Waals surface area contributed by atoms with E-state index in [1.165, 1.54) is 6.92 Å². The zero-order valence-corrected chi connectivity index (χ0v) is 12.0. The largest absolute Gasteiger partial charge is 0.479 e. The molecule has 1 atom stereocenters. The van der Waals surface area contributed by atoms with Crippen molar-refractivity contribution in [2.45, 2.75) is 20.0 Å². The van der Waals surface area contributed by atoms with Gasteiger partial charge in [0.1, 0.15) is 17.2 Å². The fraction of sp³-hybridized carbons (Fsp3) is 0.231. The Hall–Kier alpha value is -1.82. The van der Waals surface area contributed by atoms with E-state index in [1.54, 1.807) is 31.2 Å². The van der Waals surface area contributed by atoms with E-state index in [-0.39, 0.29) is 0 Å². The molecule has 0 unspecified atom stereocenters. The Balaban J connectivity index is 2.41. The lowest BCUT2D eigenvalue weighted by Crippen LogP contribution is -2.23. The highest BCUT2D eigenvalue weighted by molar-refractivity contribution is 9.10. The van der Waals surface area contributed by atoms with Crippen molar-refractivity contribution in [1.82, 2.24) is 5.16 Å². The molecule has 2 aromatic rings. The van der Waals surface area contributed by atoms with E-state index < -0.39 is 12.1 Å². The molecule has 19 heavy (non-hydrogen) atoms. The molecule has 0 amide bonds. The normalized spacial score (nSPS) is 12.2. The van der Waals surface area contributed by atoms with E-state index in [1.807, 2.05) is 0 Å². The summed E-state index contributed by atoms with van der Waals surface area (Å²) >= 11 is 3.37. The van der Waals surface area contributed by atoms with Crippen molar-refractivity contribution in [3.05, 3.63) is 34.5 Å². The molecule has 100 valence electrons. The van der Waals surface area contributed by atoms with Crippen molar-refractivity contribution in [1.29, 1.82) is 0 Å². The molecule has 0 spiro atoms. The minimum atomic E-state index is -1.02. The highest BCUT2D eigenvalue weighted by Crippen LogP contribution is 2.33. The van der Waals surface area contributed by atoms with Crippen LogP contribution in [-0.4, -0.2) is 22.3 Å². The molecule has 0 bridgehead atoms. The average Bonchev–Trinajstić information content (AvgIpc) is 2.77. The van der Waals surface area contributed by atoms with Crippen LogP contribution in [-0.2, 0) is 4.79 Å². The van der Waals surface area contributed by atoms with Gasteiger partial charge >= 0.3 is 5.97 Å². The second kappa shape index (κ2) is 5.44. The monoisotopic (exact) mass is 325 g/mol. The maximum absolute atomic E-state index is 10.9. The molecule has 0 aliphatic heterocycles. The molecule has 2 rings (SSSR count). The first kappa shape index (κ1) is 13.6. The molecule has 1 N–H and O–H groups in total. The molecule has 1 heterocycles. The van der Waals surface area contributed by atoms with Crippen LogP contribution in [0.1, 0.15) is 12.7 Å². The predicted octanol–water partition coefficient (Wildman–Crippen LogP) is 3.26. The van der Waals surface area contributed by atoms with Gasteiger partial charge in [-0.05, 0) is 32.0 Å². The van der Waals surface area contributed by atoms with Crippen LogP contribution in [0.15, 0.2) is 33.3 Å². The van der Waals surface area contributed by atoms with E-state index in [4.69, 9.17) is 14.4 Å². The van der Waals surface area contributed by atoms with Crippen molar-refractivity contribution in [3.63, 3.8) is 0 Å². The van der Waals surface area contributed by atoms with Crippen LogP contribution < -0.4 is 4.74 Å². The Bertz CT molecular complexity index is 608. The third-order valence-electron chi connectivity index (χ3n) is 2.50. The van der Waals surface area contributed by atoms with E-state index in [9.17, 15) is 4.79 Å². The lowest BCUT2D eigenvalue weighted by molar-refractivity contribution is -0.144. The number of aryl methyl sites for hydroxylation is 1. The SMILES string of the molecule is Cc1cc(-c2cc(Br)ccc2O[C@@H](C)C(=O)O)no1. The summed E-state index contributed by atoms with van der Waals surface area (Å²) in [6, 6.07) is 7.05. The maximum atomic E-state index is 10.9. The minimum absolute atomic E-state index is 0.450. The van der Waals surface area contributed by atoms with E-state index in [0.717, 1.165) is 4.47 Å². The van der Waals surface area contributed by atoms with E-state index >= 15 is 0 Å². The van der Waals surface area contributed by atoms with Gasteiger partial charge in [0.25, 0.3) is 0 Å². The fourth-order valence-electron chi connectivity index (χ4n) is 1.54. The second-order valence-electron chi connectivity index (χ2n) is 4.06. The Kier molecular flexibility index (Phi) is 3.90. The summed E-state index contributed by atoms with van der Waals surface area (Å²) in [5.74, 6) is 0.101. The van der Waals surface area contributed by atoms with Crippen LogP contribution in [0.2, 0.25) is 0 Å². The number of hydrogen-bond acceptors (Lipinski definition) is 4. The summed E-state index contributed by atoms with van der Waals surface area (Å²) in [6.07, 6.45) is -0.937. The summed E-state index contributed by atoms with van der Waals surface area (Å²) < 4.78 is 11.3. The highest BCUT2D eigenvalue weighted by atomic mass is 79.9. The number of benzene rings is 1. The number of aromatic nitrogens is 1. The number of carbonyl (C=O) groups is 1. The molecular weight excluding hydrogens is 314 g/mol. The van der Waals surface area contributed by atoms with Crippen LogP contribution in [0, 0.1) is 6.92 Å². The van der Waals surface area contributed by atoms with E-state index in [2.05, 4.69) is 21.1 Å². The van der Waals surface area contributed by atoms with E-state index in [0.29, 0.717) is 22.8 Å². The zero-order chi connectivity index (χ0) is 14.0. The molecule has 0 fully saturated rings. The van der Waals surface area contributed by atoms with Crippen molar-refractivity contribution < 1.29 is 19.2 Å². The van der Waals surface area contributed by atoms with Gasteiger partial charge in [0.2, 0.25) is 0 Å². The van der Waals surface area contributed by atoms with Gasteiger partial charge in [-0.1, -0.05) is 21.1 Å². The molecular formula is C13H12BrNO4. The number of halogens is 1. The lowest BCUT2D eigenvalue weighted by Gasteiger charge is -2.13. The van der Waals surface area contributed by atoms with Crippen molar-refractivity contribution in [3.8, 4) is 17.0 Å². The maximum Gasteiger partial charge on any atom is 0.344 e. The summed E-state index contributed by atoms with van der Waals surface area (Å²) in [5.41, 5.74) is 1.28. The smallest absolute Gasteiger partial charge is 0.344 e. The molecule has 1 aromatic heterocycles. The third kappa shape index (κ3) is 3.14. The zero-order valence-electron chi connectivity index (χ0n) is 10.4. The van der Waals surface area contributed by atoms with Crippen LogP contribution >= 0.6 is 15.9 Å². The quantitative estimate of drug-likeness (QED) is 0.933. The van der Waals surface area contributed by atoms with Gasteiger partial charge in [-0.25, -0.2) is 4.79 Å². The number of carboxylic acid groups (broad SMARTS) is 1. The van der Waals surface area contributed by atoms with Crippen LogP contribution in [0.5, 0.6) is 5.75 Å². The third-order valence-corrected chi connectivity index (χ3v) is 2.99. The Morgan fingerprint density at radius 3 is 2.79 bits per heavy atom. The van der Waals surface area contributed by atoms with Gasteiger partial charge in [-0.3, -0.25) is 0 Å². The molecule has 0 saturated carbocycles. The van der Waals surface area contributed by atoms with Crippen LogP contribution in [0.4, 0.5) is 0 Å². The Morgan fingerprint density at radius 1 is 1.47 bits per heavy atom. The molecule has 5 nitrogen and oxygen atoms in total. The number of hydrogen-bond donors (Lipinski definition) is 1. The summed E-state index contributed by atoms with van der Waals surface area (Å²) in [7, 11) is 0. The summed E-state index contributed by atoms with van der Waals surface area (Å²) in [5, 5.41) is 12.8. The number of ether oxygens (including phenoxy) is 1. The van der Waals surface area contributed by atoms with Gasteiger partial charge in [0, 0.05) is 16.1 Å². The fourth-order valence-corrected chi connectivity index (χ4v) is 1.90. The van der Waals surface area contributed by atoms with Gasteiger partial charge in [0.15, 0.2) is 6.10 Å². The molecule has 1 aromatic carbocycles. The van der Waals surface area contributed by atoms with Gasteiger partial charge in [-0.15, -0.1) is 0 Å². The predicted molar refractivity (Wildman–Crippen MR) is 72.1 cm³/mol. The van der Waals surface area contributed by atoms with Gasteiger partial charge < -0.3 is 14.4 Å². The summed E-state index contributed by atoms with van der Waals surface area (Å²) in [4.78, 5) is 10.9. The van der Waals surface area contributed by atoms with Gasteiger partial charge in [0.05, 0.1) is 0 Å². The standard InChI is InChI=1S/C13H12BrNO4/c1-7-5-11(15-19-7)10-6-9(14)3-4-12(10)18-8(2)13(16)17/h3-6,8H,1-2H3,(H,16,17)/t8-/m0/s1. The Labute approximate surface area is 118 Å². The number of nitrogens with zero attached hydrogens (tertiary/aromatic N) is 1. The van der Waals surface area contributed by atoms with Crippen LogP contribution in [0.25, 0.3) is 11.3 Å². The number of aliphatic carboxylic acids is 1. The first-order valence-electron chi connectivity index (χ1n) is 5.60. The molecule has 6 heteroatoms. The first-order valence-corrected chi connectivity index (χ1v) is 6.39. The minimum Gasteiger partial charge on any atom is -0.479 e.